The summed E-state index contributed by atoms with van der Waals surface area (Å²) in [5.74, 6) is 0.832. The minimum atomic E-state index is 0.0545. The standard InChI is InChI=1S/C23H29NO3/c1-3-18(2)24(16-19-8-5-4-6-9-19)23(25)20-11-13-21(14-12-20)27-17-22-10-7-15-26-22/h4-6,8-9,11-14,18,22H,3,7,10,15-17H2,1-2H3. The topological polar surface area (TPSA) is 38.8 Å². The number of hydrogen-bond acceptors (Lipinski definition) is 3. The van der Waals surface area contributed by atoms with Gasteiger partial charge in [0.15, 0.2) is 0 Å². The number of ether oxygens (including phenoxy) is 2. The number of hydrogen-bond donors (Lipinski definition) is 0. The fourth-order valence-electron chi connectivity index (χ4n) is 3.25. The molecule has 27 heavy (non-hydrogen) atoms. The average Bonchev–Trinajstić information content (AvgIpc) is 3.24. The number of amides is 1. The molecule has 0 N–H and O–H groups in total. The van der Waals surface area contributed by atoms with Gasteiger partial charge in [0.2, 0.25) is 0 Å². The second-order valence-corrected chi connectivity index (χ2v) is 7.15. The van der Waals surface area contributed by atoms with Crippen LogP contribution in [0.1, 0.15) is 49.0 Å². The molecule has 0 radical (unpaired) electrons. The first-order valence-corrected chi connectivity index (χ1v) is 9.86. The molecule has 2 aromatic rings. The summed E-state index contributed by atoms with van der Waals surface area (Å²) in [6, 6.07) is 17.8. The largest absolute Gasteiger partial charge is 0.491 e. The predicted molar refractivity (Wildman–Crippen MR) is 107 cm³/mol. The maximum absolute atomic E-state index is 13.1. The summed E-state index contributed by atoms with van der Waals surface area (Å²) < 4.78 is 11.4. The van der Waals surface area contributed by atoms with Gasteiger partial charge in [-0.15, -0.1) is 0 Å². The highest BCUT2D eigenvalue weighted by atomic mass is 16.5. The van der Waals surface area contributed by atoms with Gasteiger partial charge in [0.05, 0.1) is 6.10 Å². The molecular weight excluding hydrogens is 338 g/mol. The summed E-state index contributed by atoms with van der Waals surface area (Å²) in [4.78, 5) is 15.0. The Kier molecular flexibility index (Phi) is 6.88. The van der Waals surface area contributed by atoms with Gasteiger partial charge in [-0.1, -0.05) is 37.3 Å². The Labute approximate surface area is 162 Å². The van der Waals surface area contributed by atoms with E-state index in [-0.39, 0.29) is 18.1 Å². The fourth-order valence-corrected chi connectivity index (χ4v) is 3.25. The monoisotopic (exact) mass is 367 g/mol. The number of carbonyl (C=O) groups excluding carboxylic acids is 1. The lowest BCUT2D eigenvalue weighted by Crippen LogP contribution is -2.37. The zero-order valence-electron chi connectivity index (χ0n) is 16.3. The van der Waals surface area contributed by atoms with Gasteiger partial charge >= 0.3 is 0 Å². The van der Waals surface area contributed by atoms with Crippen molar-refractivity contribution in [2.24, 2.45) is 0 Å². The van der Waals surface area contributed by atoms with E-state index in [0.29, 0.717) is 18.7 Å². The van der Waals surface area contributed by atoms with E-state index in [9.17, 15) is 4.79 Å². The zero-order chi connectivity index (χ0) is 19.1. The van der Waals surface area contributed by atoms with Crippen molar-refractivity contribution in [1.29, 1.82) is 0 Å². The van der Waals surface area contributed by atoms with Crippen molar-refractivity contribution in [1.82, 2.24) is 4.90 Å². The van der Waals surface area contributed by atoms with Crippen LogP contribution in [-0.2, 0) is 11.3 Å². The molecule has 0 aromatic heterocycles. The molecule has 1 saturated heterocycles. The first-order valence-electron chi connectivity index (χ1n) is 9.86. The van der Waals surface area contributed by atoms with Crippen LogP contribution in [-0.4, -0.2) is 36.2 Å². The Hall–Kier alpha value is -2.33. The van der Waals surface area contributed by atoms with Gasteiger partial charge in [-0.3, -0.25) is 4.79 Å². The van der Waals surface area contributed by atoms with Crippen LogP contribution < -0.4 is 4.74 Å². The Balaban J connectivity index is 1.65. The van der Waals surface area contributed by atoms with Crippen molar-refractivity contribution in [3.63, 3.8) is 0 Å². The van der Waals surface area contributed by atoms with Crippen LogP contribution in [0.4, 0.5) is 0 Å². The molecule has 1 fully saturated rings. The third-order valence-electron chi connectivity index (χ3n) is 5.14. The molecule has 0 spiro atoms. The summed E-state index contributed by atoms with van der Waals surface area (Å²) in [7, 11) is 0. The second kappa shape index (κ2) is 9.56. The Morgan fingerprint density at radius 1 is 1.19 bits per heavy atom. The van der Waals surface area contributed by atoms with Gasteiger partial charge in [0, 0.05) is 24.8 Å². The van der Waals surface area contributed by atoms with Crippen LogP contribution in [0.15, 0.2) is 54.6 Å². The highest BCUT2D eigenvalue weighted by Crippen LogP contribution is 2.19. The molecule has 0 aliphatic carbocycles. The van der Waals surface area contributed by atoms with Crippen molar-refractivity contribution in [2.45, 2.75) is 51.8 Å². The molecule has 0 bridgehead atoms. The normalized spacial score (nSPS) is 17.5. The molecule has 0 saturated carbocycles. The van der Waals surface area contributed by atoms with E-state index in [2.05, 4.69) is 26.0 Å². The van der Waals surface area contributed by atoms with E-state index < -0.39 is 0 Å². The highest BCUT2D eigenvalue weighted by Gasteiger charge is 2.21. The maximum Gasteiger partial charge on any atom is 0.254 e. The molecule has 144 valence electrons. The first-order chi connectivity index (χ1) is 13.2. The molecule has 1 heterocycles. The Bertz CT molecular complexity index is 708. The van der Waals surface area contributed by atoms with Crippen LogP contribution >= 0.6 is 0 Å². The van der Waals surface area contributed by atoms with Crippen LogP contribution in [0.3, 0.4) is 0 Å². The smallest absolute Gasteiger partial charge is 0.254 e. The van der Waals surface area contributed by atoms with Crippen LogP contribution in [0, 0.1) is 0 Å². The van der Waals surface area contributed by atoms with Crippen LogP contribution in [0.25, 0.3) is 0 Å². The van der Waals surface area contributed by atoms with Crippen molar-refractivity contribution in [2.75, 3.05) is 13.2 Å². The molecule has 3 rings (SSSR count). The average molecular weight is 367 g/mol. The summed E-state index contributed by atoms with van der Waals surface area (Å²) in [5, 5.41) is 0. The van der Waals surface area contributed by atoms with Crippen LogP contribution in [0.5, 0.6) is 5.75 Å². The lowest BCUT2D eigenvalue weighted by atomic mass is 10.1. The second-order valence-electron chi connectivity index (χ2n) is 7.15. The van der Waals surface area contributed by atoms with E-state index in [4.69, 9.17) is 9.47 Å². The lowest BCUT2D eigenvalue weighted by Gasteiger charge is -2.29. The third-order valence-corrected chi connectivity index (χ3v) is 5.14. The summed E-state index contributed by atoms with van der Waals surface area (Å²) in [5.41, 5.74) is 1.83. The lowest BCUT2D eigenvalue weighted by molar-refractivity contribution is 0.0665. The molecule has 2 aromatic carbocycles. The first kappa shape index (κ1) is 19.4. The number of benzene rings is 2. The quantitative estimate of drug-likeness (QED) is 0.680. The minimum absolute atomic E-state index is 0.0545. The Morgan fingerprint density at radius 2 is 1.93 bits per heavy atom. The summed E-state index contributed by atoms with van der Waals surface area (Å²) >= 11 is 0. The molecule has 1 amide bonds. The van der Waals surface area contributed by atoms with Crippen molar-refractivity contribution < 1.29 is 14.3 Å². The summed E-state index contributed by atoms with van der Waals surface area (Å²) in [6.07, 6.45) is 3.27. The maximum atomic E-state index is 13.1. The van der Waals surface area contributed by atoms with Gasteiger partial charge in [0.1, 0.15) is 12.4 Å². The van der Waals surface area contributed by atoms with Gasteiger partial charge in [-0.05, 0) is 56.0 Å². The molecule has 4 heteroatoms. The van der Waals surface area contributed by atoms with Gasteiger partial charge < -0.3 is 14.4 Å². The SMILES string of the molecule is CCC(C)N(Cc1ccccc1)C(=O)c1ccc(OCC2CCCO2)cc1. The minimum Gasteiger partial charge on any atom is -0.491 e. The zero-order valence-corrected chi connectivity index (χ0v) is 16.3. The molecule has 1 aliphatic rings. The molecule has 4 nitrogen and oxygen atoms in total. The number of rotatable bonds is 8. The van der Waals surface area contributed by atoms with Crippen molar-refractivity contribution in [3.8, 4) is 5.75 Å². The van der Waals surface area contributed by atoms with Crippen molar-refractivity contribution in [3.05, 3.63) is 65.7 Å². The van der Waals surface area contributed by atoms with Gasteiger partial charge in [0.25, 0.3) is 5.91 Å². The fraction of sp³-hybridized carbons (Fsp3) is 0.435. The van der Waals surface area contributed by atoms with E-state index in [1.165, 1.54) is 0 Å². The van der Waals surface area contributed by atoms with Crippen LogP contribution in [0.2, 0.25) is 0 Å². The molecule has 2 unspecified atom stereocenters. The molecule has 1 aliphatic heterocycles. The van der Waals surface area contributed by atoms with Gasteiger partial charge in [-0.25, -0.2) is 0 Å². The number of nitrogens with zero attached hydrogens (tertiary/aromatic N) is 1. The Morgan fingerprint density at radius 3 is 2.56 bits per heavy atom. The van der Waals surface area contributed by atoms with Crippen molar-refractivity contribution >= 4 is 5.91 Å². The number of carbonyl (C=O) groups is 1. The van der Waals surface area contributed by atoms with E-state index >= 15 is 0 Å². The van der Waals surface area contributed by atoms with E-state index in [1.807, 2.05) is 47.4 Å². The highest BCUT2D eigenvalue weighted by molar-refractivity contribution is 5.94. The van der Waals surface area contributed by atoms with Gasteiger partial charge in [-0.2, -0.15) is 0 Å². The van der Waals surface area contributed by atoms with E-state index in [0.717, 1.165) is 37.2 Å². The third kappa shape index (κ3) is 5.33. The molecular formula is C23H29NO3. The van der Waals surface area contributed by atoms with E-state index in [1.54, 1.807) is 0 Å². The molecule has 2 atom stereocenters. The summed E-state index contributed by atoms with van der Waals surface area (Å²) in [6.45, 7) is 6.22. The predicted octanol–water partition coefficient (Wildman–Crippen LogP) is 4.69.